The summed E-state index contributed by atoms with van der Waals surface area (Å²) in [7, 11) is 0. The van der Waals surface area contributed by atoms with Crippen molar-refractivity contribution in [3.63, 3.8) is 0 Å². The van der Waals surface area contributed by atoms with Crippen molar-refractivity contribution >= 4 is 11.4 Å². The zero-order valence-corrected chi connectivity index (χ0v) is 27.1. The molecule has 3 N–H and O–H groups in total. The molecule has 1 aliphatic rings. The molecule has 4 heteroatoms. The molecule has 2 aromatic rings. The van der Waals surface area contributed by atoms with E-state index in [9.17, 15) is 0 Å². The second kappa shape index (κ2) is 13.7. The van der Waals surface area contributed by atoms with Crippen molar-refractivity contribution in [2.24, 2.45) is 0 Å². The van der Waals surface area contributed by atoms with Crippen molar-refractivity contribution in [2.45, 2.75) is 106 Å². The Morgan fingerprint density at radius 3 is 1.39 bits per heavy atom. The Kier molecular flexibility index (Phi) is 11.5. The normalized spacial score (nSPS) is 16.3. The Labute approximate surface area is 247 Å². The van der Waals surface area contributed by atoms with Gasteiger partial charge in [-0.2, -0.15) is 0 Å². The summed E-state index contributed by atoms with van der Waals surface area (Å²) in [6, 6.07) is 13.4. The van der Waals surface area contributed by atoms with Crippen molar-refractivity contribution < 1.29 is 21.7 Å². The molecule has 0 aromatic heterocycles. The molecule has 0 atom stereocenters. The first-order chi connectivity index (χ1) is 17.4. The van der Waals surface area contributed by atoms with E-state index >= 15 is 0 Å². The van der Waals surface area contributed by atoms with E-state index in [1.807, 2.05) is 0 Å². The summed E-state index contributed by atoms with van der Waals surface area (Å²) in [5, 5.41) is 11.4. The first kappa shape index (κ1) is 32.0. The summed E-state index contributed by atoms with van der Waals surface area (Å²) < 4.78 is 0. The first-order valence-corrected chi connectivity index (χ1v) is 14.0. The number of nitrogens with one attached hydrogen (secondary N) is 3. The van der Waals surface area contributed by atoms with Crippen molar-refractivity contribution in [3.8, 4) is 0 Å². The summed E-state index contributed by atoms with van der Waals surface area (Å²) >= 11 is 0. The molecule has 38 heavy (non-hydrogen) atoms. The number of para-hydroxylation sites is 2. The molecule has 1 heterocycles. The zero-order chi connectivity index (χ0) is 27.4. The van der Waals surface area contributed by atoms with Crippen LogP contribution in [0.2, 0.25) is 0 Å². The predicted molar refractivity (Wildman–Crippen MR) is 163 cm³/mol. The average molecular weight is 548 g/mol. The molecule has 2 aromatic carbocycles. The fraction of sp³-hybridized carbons (Fsp3) is 0.471. The molecule has 0 unspecified atom stereocenters. The molecule has 1 aliphatic heterocycles. The summed E-state index contributed by atoms with van der Waals surface area (Å²) in [6.07, 6.45) is 3.20. The van der Waals surface area contributed by atoms with E-state index in [0.29, 0.717) is 23.7 Å². The molecular weight excluding hydrogens is 498 g/mol. The van der Waals surface area contributed by atoms with E-state index in [1.54, 1.807) is 0 Å². The quantitative estimate of drug-likeness (QED) is 0.288. The standard InChI is InChI=1S/C34H49N3.Ti/c1-20(2)27-14-12-15-28(21(3)4)33(27)35-25(10)31-18-24(9)19-32(37-31)26(11)36-34-29(22(5)6)16-13-17-30(34)23(7)8;/h12-18,20-23,35-37H,19H2,1-11H3;/b31-25+,32-26-;. The van der Waals surface area contributed by atoms with E-state index in [0.717, 1.165) is 17.8 Å². The van der Waals surface area contributed by atoms with Gasteiger partial charge in [0, 0.05) is 56.6 Å². The SMILES string of the molecule is CC1=C/C(=C(/C)Nc2c(C(C)C)cccc2C(C)C)N/C(=C(/C)Nc2c(C(C)C)cccc2C(C)C)C1.[Ti]. The van der Waals surface area contributed by atoms with Crippen LogP contribution in [0.5, 0.6) is 0 Å². The van der Waals surface area contributed by atoms with Crippen molar-refractivity contribution in [2.75, 3.05) is 10.6 Å². The van der Waals surface area contributed by atoms with Gasteiger partial charge in [0.1, 0.15) is 0 Å². The number of hydrogen-bond donors (Lipinski definition) is 3. The molecule has 3 rings (SSSR count). The molecule has 3 nitrogen and oxygen atoms in total. The molecule has 0 spiro atoms. The van der Waals surface area contributed by atoms with Crippen LogP contribution in [0.4, 0.5) is 11.4 Å². The van der Waals surface area contributed by atoms with Crippen LogP contribution >= 0.6 is 0 Å². The molecular formula is C34H49N3Ti. The first-order valence-electron chi connectivity index (χ1n) is 14.0. The Bertz CT molecular complexity index is 1160. The Morgan fingerprint density at radius 2 is 1.03 bits per heavy atom. The maximum atomic E-state index is 3.84. The van der Waals surface area contributed by atoms with Crippen LogP contribution in [-0.2, 0) is 21.7 Å². The third-order valence-electron chi connectivity index (χ3n) is 7.36. The third kappa shape index (κ3) is 7.45. The number of rotatable bonds is 8. The number of hydrogen-bond acceptors (Lipinski definition) is 3. The molecule has 0 aliphatic carbocycles. The minimum absolute atomic E-state index is 0. The number of anilines is 2. The molecule has 0 saturated carbocycles. The van der Waals surface area contributed by atoms with Gasteiger partial charge in [0.2, 0.25) is 0 Å². The van der Waals surface area contributed by atoms with Crippen molar-refractivity contribution in [1.29, 1.82) is 0 Å². The largest absolute Gasteiger partial charge is 0.357 e. The minimum Gasteiger partial charge on any atom is -0.357 e. The number of allylic oxidation sites excluding steroid dienone is 4. The molecule has 204 valence electrons. The maximum Gasteiger partial charge on any atom is 0.0575 e. The summed E-state index contributed by atoms with van der Waals surface area (Å²) in [5.41, 5.74) is 14.0. The van der Waals surface area contributed by atoms with Crippen LogP contribution in [0.3, 0.4) is 0 Å². The minimum atomic E-state index is 0. The van der Waals surface area contributed by atoms with Crippen LogP contribution in [0, 0.1) is 0 Å². The van der Waals surface area contributed by atoms with E-state index in [2.05, 4.69) is 135 Å². The Balaban J connectivity index is 0.00000507. The maximum absolute atomic E-state index is 3.84. The van der Waals surface area contributed by atoms with E-state index < -0.39 is 0 Å². The van der Waals surface area contributed by atoms with E-state index in [1.165, 1.54) is 50.6 Å². The molecule has 0 amide bonds. The summed E-state index contributed by atoms with van der Waals surface area (Å²) in [5.74, 6) is 1.82. The molecule has 0 bridgehead atoms. The Hall–Kier alpha value is -2.23. The molecule has 0 radical (unpaired) electrons. The van der Waals surface area contributed by atoms with Gasteiger partial charge in [-0.1, -0.05) is 97.4 Å². The fourth-order valence-electron chi connectivity index (χ4n) is 5.16. The Morgan fingerprint density at radius 1 is 0.658 bits per heavy atom. The fourth-order valence-corrected chi connectivity index (χ4v) is 5.16. The van der Waals surface area contributed by atoms with Crippen LogP contribution in [0.15, 0.2) is 70.8 Å². The molecule has 0 saturated heterocycles. The monoisotopic (exact) mass is 547 g/mol. The summed E-state index contributed by atoms with van der Waals surface area (Å²) in [6.45, 7) is 24.8. The van der Waals surface area contributed by atoms with E-state index in [-0.39, 0.29) is 21.7 Å². The van der Waals surface area contributed by atoms with Crippen LogP contribution in [0.25, 0.3) is 0 Å². The summed E-state index contributed by atoms with van der Waals surface area (Å²) in [4.78, 5) is 0. The van der Waals surface area contributed by atoms with Gasteiger partial charge in [0.15, 0.2) is 0 Å². The van der Waals surface area contributed by atoms with Gasteiger partial charge in [0.05, 0.1) is 5.70 Å². The number of benzene rings is 2. The van der Waals surface area contributed by atoms with Gasteiger partial charge >= 0.3 is 0 Å². The molecule has 0 fully saturated rings. The second-order valence-electron chi connectivity index (χ2n) is 11.9. The second-order valence-corrected chi connectivity index (χ2v) is 11.9. The van der Waals surface area contributed by atoms with Crippen molar-refractivity contribution in [3.05, 3.63) is 93.1 Å². The topological polar surface area (TPSA) is 36.1 Å². The van der Waals surface area contributed by atoms with Crippen LogP contribution in [-0.4, -0.2) is 0 Å². The third-order valence-corrected chi connectivity index (χ3v) is 7.36. The van der Waals surface area contributed by atoms with Gasteiger partial charge in [-0.3, -0.25) is 0 Å². The van der Waals surface area contributed by atoms with Gasteiger partial charge in [-0.15, -0.1) is 0 Å². The van der Waals surface area contributed by atoms with E-state index in [4.69, 9.17) is 0 Å². The average Bonchev–Trinajstić information content (AvgIpc) is 2.83. The van der Waals surface area contributed by atoms with Gasteiger partial charge in [-0.05, 0) is 72.8 Å². The van der Waals surface area contributed by atoms with Gasteiger partial charge < -0.3 is 16.0 Å². The zero-order valence-electron chi connectivity index (χ0n) is 25.6. The predicted octanol–water partition coefficient (Wildman–Crippen LogP) is 10.1. The van der Waals surface area contributed by atoms with Gasteiger partial charge in [-0.25, -0.2) is 0 Å². The van der Waals surface area contributed by atoms with Crippen LogP contribution < -0.4 is 16.0 Å². The van der Waals surface area contributed by atoms with Crippen molar-refractivity contribution in [1.82, 2.24) is 5.32 Å². The smallest absolute Gasteiger partial charge is 0.0575 e. The van der Waals surface area contributed by atoms with Gasteiger partial charge in [0.25, 0.3) is 0 Å². The van der Waals surface area contributed by atoms with Crippen LogP contribution in [0.1, 0.15) is 129 Å².